The Hall–Kier alpha value is -0.290. The highest BCUT2D eigenvalue weighted by atomic mass is 35.5. The topological polar surface area (TPSA) is 45.1 Å². The molecule has 1 aromatic heterocycles. The minimum atomic E-state index is 0.208. The number of nitrogens with zero attached hydrogens (tertiary/aromatic N) is 1. The monoisotopic (exact) mass is 246 g/mol. The molecule has 5 heteroatoms. The number of rotatable bonds is 6. The fourth-order valence-corrected chi connectivity index (χ4v) is 2.21. The van der Waals surface area contributed by atoms with Gasteiger partial charge in [0.25, 0.3) is 0 Å². The third kappa shape index (κ3) is 4.84. The van der Waals surface area contributed by atoms with Gasteiger partial charge in [0, 0.05) is 24.6 Å². The van der Waals surface area contributed by atoms with Crippen LogP contribution in [0, 0.1) is 0 Å². The minimum Gasteiger partial charge on any atom is -0.396 e. The van der Waals surface area contributed by atoms with Gasteiger partial charge in [-0.3, -0.25) is 0 Å². The lowest BCUT2D eigenvalue weighted by Gasteiger charge is -2.13. The average molecular weight is 247 g/mol. The Bertz CT molecular complexity index is 281. The molecular formula is C10H15ClN2OS. The molecule has 1 aromatic rings. The maximum absolute atomic E-state index is 8.82. The van der Waals surface area contributed by atoms with Crippen LogP contribution in [0.15, 0.2) is 23.4 Å². The van der Waals surface area contributed by atoms with Crippen molar-refractivity contribution in [2.24, 2.45) is 0 Å². The number of aromatic nitrogens is 1. The first-order valence-electron chi connectivity index (χ1n) is 4.78. The van der Waals surface area contributed by atoms with Gasteiger partial charge in [0.05, 0.1) is 10.0 Å². The zero-order valence-corrected chi connectivity index (χ0v) is 10.2. The molecule has 0 fully saturated rings. The molecule has 2 N–H and O–H groups in total. The van der Waals surface area contributed by atoms with Gasteiger partial charge < -0.3 is 10.4 Å². The van der Waals surface area contributed by atoms with Gasteiger partial charge in [-0.1, -0.05) is 11.6 Å². The van der Waals surface area contributed by atoms with Crippen LogP contribution in [-0.2, 0) is 0 Å². The van der Waals surface area contributed by atoms with E-state index in [1.165, 1.54) is 0 Å². The first kappa shape index (κ1) is 12.8. The van der Waals surface area contributed by atoms with Crippen LogP contribution in [0.2, 0.25) is 5.02 Å². The second kappa shape index (κ2) is 7.06. The number of hydrogen-bond acceptors (Lipinski definition) is 4. The third-order valence-electron chi connectivity index (χ3n) is 2.02. The predicted molar refractivity (Wildman–Crippen MR) is 64.5 cm³/mol. The summed E-state index contributed by atoms with van der Waals surface area (Å²) < 4.78 is 0. The summed E-state index contributed by atoms with van der Waals surface area (Å²) in [7, 11) is 1.90. The number of halogens is 1. The molecule has 1 rings (SSSR count). The molecule has 0 aromatic carbocycles. The van der Waals surface area contributed by atoms with Crippen molar-refractivity contribution in [3.05, 3.63) is 23.4 Å². The lowest BCUT2D eigenvalue weighted by atomic mass is 10.2. The Morgan fingerprint density at radius 1 is 1.60 bits per heavy atom. The van der Waals surface area contributed by atoms with Gasteiger partial charge in [0.15, 0.2) is 0 Å². The van der Waals surface area contributed by atoms with Crippen LogP contribution in [0.1, 0.15) is 6.42 Å². The highest BCUT2D eigenvalue weighted by Gasteiger charge is 2.06. The Kier molecular flexibility index (Phi) is 6.02. The summed E-state index contributed by atoms with van der Waals surface area (Å²) in [6.45, 7) is 0.208. The van der Waals surface area contributed by atoms with Crippen LogP contribution in [0.5, 0.6) is 0 Å². The average Bonchev–Trinajstić information content (AvgIpc) is 2.26. The summed E-state index contributed by atoms with van der Waals surface area (Å²) in [6, 6.07) is 4.05. The van der Waals surface area contributed by atoms with Gasteiger partial charge in [-0.05, 0) is 25.6 Å². The molecule has 3 nitrogen and oxygen atoms in total. The van der Waals surface area contributed by atoms with E-state index in [0.29, 0.717) is 11.1 Å². The molecule has 0 aliphatic carbocycles. The molecule has 84 valence electrons. The second-order valence-corrected chi connectivity index (χ2v) is 4.60. The smallest absolute Gasteiger partial charge is 0.0961 e. The predicted octanol–water partition coefficient (Wildman–Crippen LogP) is 1.80. The van der Waals surface area contributed by atoms with Crippen molar-refractivity contribution in [1.29, 1.82) is 0 Å². The maximum atomic E-state index is 8.82. The molecule has 0 aliphatic heterocycles. The summed E-state index contributed by atoms with van der Waals surface area (Å²) >= 11 is 7.39. The Morgan fingerprint density at radius 2 is 2.40 bits per heavy atom. The van der Waals surface area contributed by atoms with Crippen LogP contribution in [0.4, 0.5) is 0 Å². The van der Waals surface area contributed by atoms with Crippen LogP contribution in [-0.4, -0.2) is 35.5 Å². The molecule has 0 saturated carbocycles. The summed E-state index contributed by atoms with van der Waals surface area (Å²) in [6.07, 6.45) is 2.40. The zero-order chi connectivity index (χ0) is 11.1. The molecule has 1 atom stereocenters. The number of hydrogen-bond donors (Lipinski definition) is 2. The molecule has 0 spiro atoms. The first-order chi connectivity index (χ1) is 7.26. The van der Waals surface area contributed by atoms with Crippen LogP contribution < -0.4 is 5.32 Å². The standard InChI is InChI=1S/C10H15ClN2OS/c1-12-9(4-5-14)7-15-10-3-2-8(11)6-13-10/h2-3,6,9,12,14H,4-5,7H2,1H3. The van der Waals surface area contributed by atoms with Crippen molar-refractivity contribution in [1.82, 2.24) is 10.3 Å². The number of thioether (sulfide) groups is 1. The quantitative estimate of drug-likeness (QED) is 0.752. The van der Waals surface area contributed by atoms with E-state index < -0.39 is 0 Å². The van der Waals surface area contributed by atoms with E-state index in [2.05, 4.69) is 10.3 Å². The molecule has 1 heterocycles. The lowest BCUT2D eigenvalue weighted by molar-refractivity contribution is 0.273. The fraction of sp³-hybridized carbons (Fsp3) is 0.500. The summed E-state index contributed by atoms with van der Waals surface area (Å²) in [5.41, 5.74) is 0. The largest absolute Gasteiger partial charge is 0.396 e. The van der Waals surface area contributed by atoms with Gasteiger partial charge in [0.2, 0.25) is 0 Å². The van der Waals surface area contributed by atoms with Crippen molar-refractivity contribution < 1.29 is 5.11 Å². The van der Waals surface area contributed by atoms with Crippen molar-refractivity contribution in [3.8, 4) is 0 Å². The maximum Gasteiger partial charge on any atom is 0.0961 e. The van der Waals surface area contributed by atoms with Gasteiger partial charge in [0.1, 0.15) is 0 Å². The highest BCUT2D eigenvalue weighted by Crippen LogP contribution is 2.18. The van der Waals surface area contributed by atoms with E-state index in [4.69, 9.17) is 16.7 Å². The van der Waals surface area contributed by atoms with Crippen LogP contribution in [0.3, 0.4) is 0 Å². The molecule has 0 saturated heterocycles. The van der Waals surface area contributed by atoms with Crippen LogP contribution in [0.25, 0.3) is 0 Å². The molecule has 0 aliphatic rings. The molecular weight excluding hydrogens is 232 g/mol. The Morgan fingerprint density at radius 3 is 2.93 bits per heavy atom. The number of aliphatic hydroxyl groups excluding tert-OH is 1. The number of nitrogens with one attached hydrogen (secondary N) is 1. The summed E-state index contributed by atoms with van der Waals surface area (Å²) in [5, 5.41) is 13.6. The third-order valence-corrected chi connectivity index (χ3v) is 3.35. The van der Waals surface area contributed by atoms with Crippen LogP contribution >= 0.6 is 23.4 Å². The van der Waals surface area contributed by atoms with E-state index in [9.17, 15) is 0 Å². The lowest BCUT2D eigenvalue weighted by Crippen LogP contribution is -2.28. The highest BCUT2D eigenvalue weighted by molar-refractivity contribution is 7.99. The van der Waals surface area contributed by atoms with Gasteiger partial charge in [-0.25, -0.2) is 4.98 Å². The van der Waals surface area contributed by atoms with E-state index in [1.807, 2.05) is 19.2 Å². The van der Waals surface area contributed by atoms with Gasteiger partial charge in [-0.2, -0.15) is 0 Å². The summed E-state index contributed by atoms with van der Waals surface area (Å²) in [5.74, 6) is 0.895. The Labute approximate surface area is 99.2 Å². The molecule has 15 heavy (non-hydrogen) atoms. The number of pyridine rings is 1. The minimum absolute atomic E-state index is 0.208. The number of aliphatic hydroxyl groups is 1. The SMILES string of the molecule is CNC(CCO)CSc1ccc(Cl)cn1. The fourth-order valence-electron chi connectivity index (χ4n) is 1.10. The first-order valence-corrected chi connectivity index (χ1v) is 6.15. The normalized spacial score (nSPS) is 12.7. The van der Waals surface area contributed by atoms with E-state index >= 15 is 0 Å². The summed E-state index contributed by atoms with van der Waals surface area (Å²) in [4.78, 5) is 4.19. The van der Waals surface area contributed by atoms with Crippen molar-refractivity contribution in [2.45, 2.75) is 17.5 Å². The van der Waals surface area contributed by atoms with E-state index in [0.717, 1.165) is 17.2 Å². The van der Waals surface area contributed by atoms with E-state index in [-0.39, 0.29) is 6.61 Å². The van der Waals surface area contributed by atoms with Gasteiger partial charge >= 0.3 is 0 Å². The molecule has 1 unspecified atom stereocenters. The van der Waals surface area contributed by atoms with E-state index in [1.54, 1.807) is 18.0 Å². The van der Waals surface area contributed by atoms with Gasteiger partial charge in [-0.15, -0.1) is 11.8 Å². The van der Waals surface area contributed by atoms with Crippen molar-refractivity contribution >= 4 is 23.4 Å². The zero-order valence-electron chi connectivity index (χ0n) is 8.61. The molecule has 0 amide bonds. The Balaban J connectivity index is 2.38. The van der Waals surface area contributed by atoms with Crippen molar-refractivity contribution in [3.63, 3.8) is 0 Å². The molecule has 0 radical (unpaired) electrons. The second-order valence-electron chi connectivity index (χ2n) is 3.12. The molecule has 0 bridgehead atoms. The van der Waals surface area contributed by atoms with Crippen molar-refractivity contribution in [2.75, 3.05) is 19.4 Å².